The van der Waals surface area contributed by atoms with Crippen molar-refractivity contribution in [1.29, 1.82) is 0 Å². The largest absolute Gasteiger partial charge is 0.337 e. The zero-order chi connectivity index (χ0) is 23.7. The average molecular weight is 458 g/mol. The van der Waals surface area contributed by atoms with E-state index >= 15 is 0 Å². The van der Waals surface area contributed by atoms with Gasteiger partial charge in [0.25, 0.3) is 15.9 Å². The lowest BCUT2D eigenvalue weighted by Crippen LogP contribution is -2.47. The summed E-state index contributed by atoms with van der Waals surface area (Å²) in [6.45, 7) is 9.35. The molecule has 0 aliphatic carbocycles. The van der Waals surface area contributed by atoms with E-state index in [9.17, 15) is 13.2 Å². The molecule has 1 aliphatic heterocycles. The van der Waals surface area contributed by atoms with Crippen molar-refractivity contribution in [3.05, 3.63) is 59.2 Å². The number of carbonyl (C=O) groups excluding carboxylic acids is 1. The Morgan fingerprint density at radius 3 is 2.50 bits per heavy atom. The first-order chi connectivity index (χ1) is 14.9. The maximum atomic E-state index is 13.2. The topological polar surface area (TPSA) is 69.7 Å². The Balaban J connectivity index is 1.84. The Hall–Kier alpha value is -2.38. The van der Waals surface area contributed by atoms with Crippen LogP contribution in [0, 0.1) is 6.92 Å². The first kappa shape index (κ1) is 24.3. The third kappa shape index (κ3) is 5.51. The number of piperidine rings is 1. The molecular weight excluding hydrogens is 422 g/mol. The number of hydrogen-bond acceptors (Lipinski definition) is 4. The van der Waals surface area contributed by atoms with Gasteiger partial charge in [0.2, 0.25) is 0 Å². The van der Waals surface area contributed by atoms with E-state index in [2.05, 4.69) is 30.4 Å². The van der Waals surface area contributed by atoms with E-state index in [4.69, 9.17) is 0 Å². The second-order valence-electron chi connectivity index (χ2n) is 9.93. The second kappa shape index (κ2) is 9.24. The highest BCUT2D eigenvalue weighted by molar-refractivity contribution is 7.92. The summed E-state index contributed by atoms with van der Waals surface area (Å²) in [5.41, 5.74) is 2.35. The minimum Gasteiger partial charge on any atom is -0.337 e. The summed E-state index contributed by atoms with van der Waals surface area (Å²) in [6, 6.07) is 12.6. The summed E-state index contributed by atoms with van der Waals surface area (Å²) in [4.78, 5) is 17.4. The van der Waals surface area contributed by atoms with E-state index in [0.29, 0.717) is 29.4 Å². The van der Waals surface area contributed by atoms with E-state index in [1.54, 1.807) is 37.3 Å². The van der Waals surface area contributed by atoms with Crippen molar-refractivity contribution in [1.82, 2.24) is 9.80 Å². The van der Waals surface area contributed by atoms with E-state index < -0.39 is 10.0 Å². The quantitative estimate of drug-likeness (QED) is 0.728. The lowest BCUT2D eigenvalue weighted by atomic mass is 9.87. The molecule has 1 heterocycles. The van der Waals surface area contributed by atoms with E-state index in [0.717, 1.165) is 24.9 Å². The summed E-state index contributed by atoms with van der Waals surface area (Å²) in [5.74, 6) is -0.0662. The van der Waals surface area contributed by atoms with Crippen LogP contribution in [-0.4, -0.2) is 57.4 Å². The Bertz CT molecular complexity index is 1090. The van der Waals surface area contributed by atoms with Crippen molar-refractivity contribution in [2.75, 3.05) is 31.9 Å². The summed E-state index contributed by atoms with van der Waals surface area (Å²) < 4.78 is 29.1. The van der Waals surface area contributed by atoms with Crippen LogP contribution in [0.4, 0.5) is 5.69 Å². The van der Waals surface area contributed by atoms with Gasteiger partial charge in [-0.15, -0.1) is 0 Å². The highest BCUT2D eigenvalue weighted by Gasteiger charge is 2.26. The highest BCUT2D eigenvalue weighted by Crippen LogP contribution is 2.28. The van der Waals surface area contributed by atoms with Gasteiger partial charge in [-0.25, -0.2) is 8.42 Å². The summed E-state index contributed by atoms with van der Waals surface area (Å²) in [7, 11) is 0.269. The summed E-state index contributed by atoms with van der Waals surface area (Å²) in [6.07, 6.45) is 2.04. The Morgan fingerprint density at radius 1 is 1.12 bits per heavy atom. The van der Waals surface area contributed by atoms with Crippen LogP contribution in [0.15, 0.2) is 47.4 Å². The molecule has 0 radical (unpaired) electrons. The van der Waals surface area contributed by atoms with Crippen molar-refractivity contribution in [2.45, 2.75) is 56.9 Å². The maximum absolute atomic E-state index is 13.2. The molecule has 1 atom stereocenters. The number of benzene rings is 2. The predicted molar refractivity (Wildman–Crippen MR) is 130 cm³/mol. The fourth-order valence-corrected chi connectivity index (χ4v) is 5.35. The SMILES string of the molecule is Cc1ccc(C(C)(C)C)cc1S(=O)(=O)Nc1cccc(C(=O)N2CCCC(N(C)C)C2)c1. The molecule has 6 nitrogen and oxygen atoms in total. The highest BCUT2D eigenvalue weighted by atomic mass is 32.2. The van der Waals surface area contributed by atoms with Crippen molar-refractivity contribution in [3.63, 3.8) is 0 Å². The van der Waals surface area contributed by atoms with Gasteiger partial charge in [0, 0.05) is 30.4 Å². The number of carbonyl (C=O) groups is 1. The molecule has 3 rings (SSSR count). The fourth-order valence-electron chi connectivity index (χ4n) is 4.03. The molecule has 174 valence electrons. The van der Waals surface area contributed by atoms with E-state index in [1.807, 2.05) is 31.1 Å². The molecule has 1 saturated heterocycles. The monoisotopic (exact) mass is 457 g/mol. The molecule has 1 fully saturated rings. The number of aryl methyl sites for hydroxylation is 1. The number of likely N-dealkylation sites (N-methyl/N-ethyl adjacent to an activating group) is 1. The third-order valence-electron chi connectivity index (χ3n) is 6.12. The Labute approximate surface area is 192 Å². The van der Waals surface area contributed by atoms with Gasteiger partial charge in [0.1, 0.15) is 0 Å². The Morgan fingerprint density at radius 2 is 1.84 bits per heavy atom. The minimum absolute atomic E-state index is 0.0662. The third-order valence-corrected chi connectivity index (χ3v) is 7.64. The molecule has 0 bridgehead atoms. The number of hydrogen-bond donors (Lipinski definition) is 1. The van der Waals surface area contributed by atoms with Gasteiger partial charge in [-0.3, -0.25) is 9.52 Å². The molecular formula is C25H35N3O3S. The molecule has 0 aromatic heterocycles. The van der Waals surface area contributed by atoms with Crippen LogP contribution in [0.3, 0.4) is 0 Å². The smallest absolute Gasteiger partial charge is 0.262 e. The molecule has 1 aliphatic rings. The molecule has 32 heavy (non-hydrogen) atoms. The summed E-state index contributed by atoms with van der Waals surface area (Å²) in [5, 5.41) is 0. The summed E-state index contributed by atoms with van der Waals surface area (Å²) >= 11 is 0. The van der Waals surface area contributed by atoms with Crippen LogP contribution in [0.5, 0.6) is 0 Å². The number of sulfonamides is 1. The van der Waals surface area contributed by atoms with Crippen LogP contribution >= 0.6 is 0 Å². The molecule has 0 spiro atoms. The van der Waals surface area contributed by atoms with Gasteiger partial charge in [0.05, 0.1) is 4.90 Å². The predicted octanol–water partition coefficient (Wildman–Crippen LogP) is 4.26. The number of anilines is 1. The fraction of sp³-hybridized carbons (Fsp3) is 0.480. The lowest BCUT2D eigenvalue weighted by molar-refractivity contribution is 0.0635. The Kier molecular flexibility index (Phi) is 7.00. The van der Waals surface area contributed by atoms with E-state index in [-0.39, 0.29) is 16.2 Å². The lowest BCUT2D eigenvalue weighted by Gasteiger charge is -2.36. The first-order valence-corrected chi connectivity index (χ1v) is 12.6. The number of amides is 1. The van der Waals surface area contributed by atoms with Crippen LogP contribution in [0.25, 0.3) is 0 Å². The minimum atomic E-state index is -3.80. The van der Waals surface area contributed by atoms with Gasteiger partial charge in [0.15, 0.2) is 0 Å². The maximum Gasteiger partial charge on any atom is 0.262 e. The standard InChI is InChI=1S/C25H35N3O3S/c1-18-12-13-20(25(2,3)4)16-23(18)32(30,31)26-21-10-7-9-19(15-21)24(29)28-14-8-11-22(17-28)27(5)6/h7,9-10,12-13,15-16,22,26H,8,11,14,17H2,1-6H3. The molecule has 2 aromatic rings. The van der Waals surface area contributed by atoms with Gasteiger partial charge in [-0.2, -0.15) is 0 Å². The number of nitrogens with zero attached hydrogens (tertiary/aromatic N) is 2. The molecule has 0 saturated carbocycles. The molecule has 2 aromatic carbocycles. The van der Waals surface area contributed by atoms with Crippen LogP contribution in [-0.2, 0) is 15.4 Å². The molecule has 1 amide bonds. The average Bonchev–Trinajstić information content (AvgIpc) is 2.72. The van der Waals surface area contributed by atoms with E-state index in [1.165, 1.54) is 0 Å². The van der Waals surface area contributed by atoms with Gasteiger partial charge in [-0.05, 0) is 74.7 Å². The number of nitrogens with one attached hydrogen (secondary N) is 1. The van der Waals surface area contributed by atoms with Gasteiger partial charge in [-0.1, -0.05) is 39.0 Å². The van der Waals surface area contributed by atoms with Gasteiger partial charge >= 0.3 is 0 Å². The zero-order valence-corrected chi connectivity index (χ0v) is 20.8. The van der Waals surface area contributed by atoms with Gasteiger partial charge < -0.3 is 9.80 Å². The zero-order valence-electron chi connectivity index (χ0n) is 20.0. The van der Waals surface area contributed by atoms with Crippen LogP contribution < -0.4 is 4.72 Å². The molecule has 1 N–H and O–H groups in total. The normalized spacial score (nSPS) is 17.5. The van der Waals surface area contributed by atoms with Crippen molar-refractivity contribution < 1.29 is 13.2 Å². The molecule has 1 unspecified atom stereocenters. The molecule has 7 heteroatoms. The van der Waals surface area contributed by atoms with Crippen molar-refractivity contribution in [2.24, 2.45) is 0 Å². The first-order valence-electron chi connectivity index (χ1n) is 11.1. The van der Waals surface area contributed by atoms with Crippen molar-refractivity contribution >= 4 is 21.6 Å². The van der Waals surface area contributed by atoms with Crippen LogP contribution in [0.2, 0.25) is 0 Å². The second-order valence-corrected chi connectivity index (χ2v) is 11.6. The number of rotatable bonds is 5. The number of likely N-dealkylation sites (tertiary alicyclic amines) is 1. The van der Waals surface area contributed by atoms with Crippen molar-refractivity contribution in [3.8, 4) is 0 Å². The van der Waals surface area contributed by atoms with Crippen LogP contribution in [0.1, 0.15) is 55.1 Å².